The van der Waals surface area contributed by atoms with Crippen molar-refractivity contribution >= 4 is 11.6 Å². The second kappa shape index (κ2) is 8.33. The van der Waals surface area contributed by atoms with Crippen LogP contribution in [0.25, 0.3) is 0 Å². The lowest BCUT2D eigenvalue weighted by Crippen LogP contribution is -2.25. The van der Waals surface area contributed by atoms with Crippen LogP contribution in [0.4, 0.5) is 11.6 Å². The zero-order valence-electron chi connectivity index (χ0n) is 12.7. The van der Waals surface area contributed by atoms with Crippen LogP contribution in [0.15, 0.2) is 6.07 Å². The maximum absolute atomic E-state index is 8.90. The quantitative estimate of drug-likeness (QED) is 0.784. The fourth-order valence-corrected chi connectivity index (χ4v) is 1.75. The molecule has 0 spiro atoms. The molecule has 1 aromatic rings. The fraction of sp³-hybridized carbons (Fsp3) is 0.643. The first-order valence-electron chi connectivity index (χ1n) is 6.91. The van der Waals surface area contributed by atoms with Crippen LogP contribution in [0.5, 0.6) is 0 Å². The molecule has 0 aliphatic carbocycles. The Kier molecular flexibility index (Phi) is 6.74. The molecule has 0 amide bonds. The zero-order chi connectivity index (χ0) is 15.0. The summed E-state index contributed by atoms with van der Waals surface area (Å²) in [6.07, 6.45) is 0. The lowest BCUT2D eigenvalue weighted by atomic mass is 10.2. The topological polar surface area (TPSA) is 74.1 Å². The Hall–Kier alpha value is -1.87. The van der Waals surface area contributed by atoms with Gasteiger partial charge in [0.05, 0.1) is 12.0 Å². The van der Waals surface area contributed by atoms with Crippen LogP contribution in [-0.4, -0.2) is 36.7 Å². The van der Waals surface area contributed by atoms with Gasteiger partial charge >= 0.3 is 0 Å². The Morgan fingerprint density at radius 3 is 2.80 bits per heavy atom. The summed E-state index contributed by atoms with van der Waals surface area (Å²) in [4.78, 5) is 10.8. The second-order valence-corrected chi connectivity index (χ2v) is 4.61. The van der Waals surface area contributed by atoms with Crippen molar-refractivity contribution in [3.63, 3.8) is 0 Å². The molecule has 0 aliphatic rings. The van der Waals surface area contributed by atoms with Gasteiger partial charge in [-0.3, -0.25) is 0 Å². The maximum Gasteiger partial charge on any atom is 0.158 e. The van der Waals surface area contributed by atoms with Gasteiger partial charge in [-0.05, 0) is 20.8 Å². The molecule has 0 bridgehead atoms. The molecule has 110 valence electrons. The van der Waals surface area contributed by atoms with Crippen molar-refractivity contribution in [2.45, 2.75) is 27.4 Å². The van der Waals surface area contributed by atoms with E-state index in [1.54, 1.807) is 0 Å². The maximum atomic E-state index is 8.90. The summed E-state index contributed by atoms with van der Waals surface area (Å²) in [6, 6.07) is 4.12. The highest BCUT2D eigenvalue weighted by atomic mass is 16.5. The van der Waals surface area contributed by atoms with Crippen LogP contribution >= 0.6 is 0 Å². The Balaban J connectivity index is 2.92. The third-order valence-electron chi connectivity index (χ3n) is 2.71. The minimum absolute atomic E-state index is 0.0482. The third-order valence-corrected chi connectivity index (χ3v) is 2.71. The van der Waals surface area contributed by atoms with Gasteiger partial charge in [0.2, 0.25) is 0 Å². The first-order valence-corrected chi connectivity index (χ1v) is 6.91. The summed E-state index contributed by atoms with van der Waals surface area (Å²) in [5.41, 5.74) is 0. The number of anilines is 2. The number of nitrogens with zero attached hydrogens (tertiary/aromatic N) is 4. The number of aromatic nitrogens is 2. The molecule has 6 nitrogen and oxygen atoms in total. The van der Waals surface area contributed by atoms with Crippen molar-refractivity contribution in [1.82, 2.24) is 9.97 Å². The average molecular weight is 277 g/mol. The molecule has 6 heteroatoms. The van der Waals surface area contributed by atoms with E-state index in [0.717, 1.165) is 18.2 Å². The van der Waals surface area contributed by atoms with Crippen LogP contribution in [0.1, 0.15) is 26.6 Å². The van der Waals surface area contributed by atoms with Gasteiger partial charge in [0.25, 0.3) is 0 Å². The summed E-state index contributed by atoms with van der Waals surface area (Å²) in [5.74, 6) is 2.18. The minimum Gasteiger partial charge on any atom is -0.374 e. The highest BCUT2D eigenvalue weighted by molar-refractivity contribution is 5.49. The molecular weight excluding hydrogens is 254 g/mol. The molecule has 1 N–H and O–H groups in total. The molecule has 0 fully saturated rings. The fourth-order valence-electron chi connectivity index (χ4n) is 1.75. The van der Waals surface area contributed by atoms with E-state index in [-0.39, 0.29) is 5.92 Å². The van der Waals surface area contributed by atoms with E-state index >= 15 is 0 Å². The largest absolute Gasteiger partial charge is 0.374 e. The molecule has 1 atom stereocenters. The van der Waals surface area contributed by atoms with E-state index in [4.69, 9.17) is 10.00 Å². The van der Waals surface area contributed by atoms with Crippen molar-refractivity contribution in [2.75, 3.05) is 37.0 Å². The Morgan fingerprint density at radius 2 is 2.20 bits per heavy atom. The number of hydrogen-bond acceptors (Lipinski definition) is 6. The van der Waals surface area contributed by atoms with Crippen molar-refractivity contribution in [1.29, 1.82) is 5.26 Å². The molecule has 0 radical (unpaired) electrons. The molecule has 0 saturated carbocycles. The van der Waals surface area contributed by atoms with Gasteiger partial charge in [-0.2, -0.15) is 5.26 Å². The van der Waals surface area contributed by atoms with Gasteiger partial charge < -0.3 is 15.0 Å². The molecule has 1 rings (SSSR count). The lowest BCUT2D eigenvalue weighted by molar-refractivity contribution is 0.128. The second-order valence-electron chi connectivity index (χ2n) is 4.61. The number of ether oxygens (including phenoxy) is 1. The molecule has 0 aliphatic heterocycles. The third kappa shape index (κ3) is 5.02. The highest BCUT2D eigenvalue weighted by Gasteiger charge is 2.11. The number of hydrogen-bond donors (Lipinski definition) is 1. The van der Waals surface area contributed by atoms with E-state index in [1.165, 1.54) is 0 Å². The van der Waals surface area contributed by atoms with E-state index < -0.39 is 0 Å². The van der Waals surface area contributed by atoms with Crippen LogP contribution in [0.3, 0.4) is 0 Å². The molecule has 1 aromatic heterocycles. The van der Waals surface area contributed by atoms with Gasteiger partial charge in [-0.15, -0.1) is 0 Å². The lowest BCUT2D eigenvalue weighted by Gasteiger charge is -2.20. The van der Waals surface area contributed by atoms with Crippen LogP contribution in [0.2, 0.25) is 0 Å². The van der Waals surface area contributed by atoms with Gasteiger partial charge in [0, 0.05) is 32.8 Å². The predicted molar refractivity (Wildman–Crippen MR) is 79.6 cm³/mol. The summed E-state index contributed by atoms with van der Waals surface area (Å²) >= 11 is 0. The monoisotopic (exact) mass is 277 g/mol. The number of rotatable bonds is 8. The first kappa shape index (κ1) is 16.2. The molecule has 20 heavy (non-hydrogen) atoms. The molecule has 1 heterocycles. The van der Waals surface area contributed by atoms with Gasteiger partial charge in [-0.1, -0.05) is 0 Å². The minimum atomic E-state index is -0.0482. The van der Waals surface area contributed by atoms with Crippen molar-refractivity contribution in [3.05, 3.63) is 11.9 Å². The summed E-state index contributed by atoms with van der Waals surface area (Å²) in [7, 11) is 1.93. The van der Waals surface area contributed by atoms with Gasteiger partial charge in [0.15, 0.2) is 5.82 Å². The number of nitriles is 1. The normalized spacial score (nSPS) is 11.8. The molecule has 0 aromatic carbocycles. The average Bonchev–Trinajstić information content (AvgIpc) is 2.45. The molecule has 1 unspecified atom stereocenters. The van der Waals surface area contributed by atoms with E-state index in [9.17, 15) is 0 Å². The summed E-state index contributed by atoms with van der Waals surface area (Å²) < 4.78 is 5.37. The standard InChI is InChI=1S/C14H23N5O/c1-5-16-12-7-14(19(4)9-11(3)8-15)18-13(17-12)10-20-6-2/h7,11H,5-6,9-10H2,1-4H3,(H,16,17,18). The van der Waals surface area contributed by atoms with E-state index in [1.807, 2.05) is 38.8 Å². The van der Waals surface area contributed by atoms with Gasteiger partial charge in [-0.25, -0.2) is 9.97 Å². The van der Waals surface area contributed by atoms with Crippen molar-refractivity contribution in [3.8, 4) is 6.07 Å². The van der Waals surface area contributed by atoms with Crippen LogP contribution < -0.4 is 10.2 Å². The first-order chi connectivity index (χ1) is 9.60. The van der Waals surface area contributed by atoms with Crippen LogP contribution in [0, 0.1) is 17.2 Å². The Bertz CT molecular complexity index is 457. The number of nitrogens with one attached hydrogen (secondary N) is 1. The molecule has 0 saturated heterocycles. The van der Waals surface area contributed by atoms with Crippen molar-refractivity contribution in [2.24, 2.45) is 5.92 Å². The smallest absolute Gasteiger partial charge is 0.158 e. The van der Waals surface area contributed by atoms with E-state index in [0.29, 0.717) is 25.6 Å². The van der Waals surface area contributed by atoms with Crippen LogP contribution in [-0.2, 0) is 11.3 Å². The Morgan fingerprint density at radius 1 is 1.45 bits per heavy atom. The zero-order valence-corrected chi connectivity index (χ0v) is 12.7. The summed E-state index contributed by atoms with van der Waals surface area (Å²) in [6.45, 7) is 8.30. The van der Waals surface area contributed by atoms with Crippen molar-refractivity contribution < 1.29 is 4.74 Å². The SMILES string of the molecule is CCNc1cc(N(C)CC(C)C#N)nc(COCC)n1. The van der Waals surface area contributed by atoms with Gasteiger partial charge in [0.1, 0.15) is 18.2 Å². The van der Waals surface area contributed by atoms with E-state index in [2.05, 4.69) is 21.4 Å². The summed E-state index contributed by atoms with van der Waals surface area (Å²) in [5, 5.41) is 12.1. The predicted octanol–water partition coefficient (Wildman–Crippen LogP) is 2.04. The highest BCUT2D eigenvalue weighted by Crippen LogP contribution is 2.16. The Labute approximate surface area is 120 Å². The molecular formula is C14H23N5O.